The number of hydrogen-bond donors (Lipinski definition) is 2. The zero-order chi connectivity index (χ0) is 18.4. The fourth-order valence-corrected chi connectivity index (χ4v) is 2.22. The van der Waals surface area contributed by atoms with E-state index < -0.39 is 5.97 Å². The van der Waals surface area contributed by atoms with Crippen molar-refractivity contribution in [2.24, 2.45) is 5.73 Å². The van der Waals surface area contributed by atoms with Crippen LogP contribution in [0, 0.1) is 0 Å². The van der Waals surface area contributed by atoms with Crippen LogP contribution in [0.2, 0.25) is 0 Å². The van der Waals surface area contributed by atoms with Crippen molar-refractivity contribution in [3.8, 4) is 5.75 Å². The molecule has 2 rings (SSSR count). The topological polar surface area (TPSA) is 90.6 Å². The standard InChI is InChI=1S/C19H22N2O4.ClH/c1-12(2)25-17-9-8-15(19(23)24-3)10-16(17)21-18(22)14-6-4-13(11-20)5-7-14;/h4-10,12H,11,20H2,1-3H3,(H,21,22);1H. The van der Waals surface area contributed by atoms with Crippen LogP contribution in [0.5, 0.6) is 5.75 Å². The van der Waals surface area contributed by atoms with Crippen LogP contribution in [-0.4, -0.2) is 25.1 Å². The van der Waals surface area contributed by atoms with Gasteiger partial charge in [-0.2, -0.15) is 0 Å². The molecule has 0 aromatic heterocycles. The van der Waals surface area contributed by atoms with E-state index in [1.54, 1.807) is 36.4 Å². The molecule has 0 fully saturated rings. The smallest absolute Gasteiger partial charge is 0.337 e. The molecule has 0 atom stereocenters. The molecule has 2 aromatic carbocycles. The van der Waals surface area contributed by atoms with Crippen molar-refractivity contribution < 1.29 is 19.1 Å². The molecule has 0 aliphatic heterocycles. The zero-order valence-electron chi connectivity index (χ0n) is 14.9. The van der Waals surface area contributed by atoms with Crippen LogP contribution in [-0.2, 0) is 11.3 Å². The van der Waals surface area contributed by atoms with E-state index in [9.17, 15) is 9.59 Å². The van der Waals surface area contributed by atoms with E-state index in [4.69, 9.17) is 15.2 Å². The highest BCUT2D eigenvalue weighted by Gasteiger charge is 2.15. The summed E-state index contributed by atoms with van der Waals surface area (Å²) < 4.78 is 10.4. The largest absolute Gasteiger partial charge is 0.489 e. The van der Waals surface area contributed by atoms with Gasteiger partial charge in [0, 0.05) is 12.1 Å². The highest BCUT2D eigenvalue weighted by molar-refractivity contribution is 6.05. The van der Waals surface area contributed by atoms with Crippen LogP contribution in [0.1, 0.15) is 40.1 Å². The van der Waals surface area contributed by atoms with Crippen LogP contribution in [0.4, 0.5) is 5.69 Å². The van der Waals surface area contributed by atoms with Gasteiger partial charge in [-0.15, -0.1) is 12.4 Å². The van der Waals surface area contributed by atoms with E-state index in [0.29, 0.717) is 29.1 Å². The number of ether oxygens (including phenoxy) is 2. The fourth-order valence-electron chi connectivity index (χ4n) is 2.22. The second-order valence-corrected chi connectivity index (χ2v) is 5.72. The van der Waals surface area contributed by atoms with Gasteiger partial charge in [-0.1, -0.05) is 12.1 Å². The van der Waals surface area contributed by atoms with E-state index in [1.165, 1.54) is 13.2 Å². The summed E-state index contributed by atoms with van der Waals surface area (Å²) in [5, 5.41) is 2.79. The molecular formula is C19H23ClN2O4. The first-order chi connectivity index (χ1) is 11.9. The minimum absolute atomic E-state index is 0. The summed E-state index contributed by atoms with van der Waals surface area (Å²) >= 11 is 0. The number of rotatable bonds is 6. The van der Waals surface area contributed by atoms with Crippen LogP contribution in [0.25, 0.3) is 0 Å². The summed E-state index contributed by atoms with van der Waals surface area (Å²) in [5.74, 6) is -0.312. The lowest BCUT2D eigenvalue weighted by Gasteiger charge is -2.16. The lowest BCUT2D eigenvalue weighted by molar-refractivity contribution is 0.0600. The van der Waals surface area contributed by atoms with E-state index in [1.807, 2.05) is 13.8 Å². The van der Waals surface area contributed by atoms with E-state index in [-0.39, 0.29) is 24.4 Å². The number of nitrogens with one attached hydrogen (secondary N) is 1. The highest BCUT2D eigenvalue weighted by Crippen LogP contribution is 2.28. The number of carbonyl (C=O) groups excluding carboxylic acids is 2. The molecule has 0 unspecified atom stereocenters. The summed E-state index contributed by atoms with van der Waals surface area (Å²) in [6.45, 7) is 4.17. The van der Waals surface area contributed by atoms with Gasteiger partial charge in [0.15, 0.2) is 0 Å². The lowest BCUT2D eigenvalue weighted by atomic mass is 10.1. The number of nitrogens with two attached hydrogens (primary N) is 1. The Bertz CT molecular complexity index is 761. The Morgan fingerprint density at radius 2 is 1.69 bits per heavy atom. The molecule has 6 nitrogen and oxygen atoms in total. The number of halogens is 1. The zero-order valence-corrected chi connectivity index (χ0v) is 15.8. The van der Waals surface area contributed by atoms with Crippen molar-refractivity contribution in [1.82, 2.24) is 0 Å². The van der Waals surface area contributed by atoms with Crippen LogP contribution < -0.4 is 15.8 Å². The molecule has 7 heteroatoms. The Hall–Kier alpha value is -2.57. The summed E-state index contributed by atoms with van der Waals surface area (Å²) in [4.78, 5) is 24.2. The maximum absolute atomic E-state index is 12.5. The van der Waals surface area contributed by atoms with Gasteiger partial charge in [-0.25, -0.2) is 4.79 Å². The summed E-state index contributed by atoms with van der Waals surface area (Å²) in [5.41, 5.74) is 7.72. The van der Waals surface area contributed by atoms with Crippen LogP contribution in [0.3, 0.4) is 0 Å². The van der Waals surface area contributed by atoms with E-state index in [0.717, 1.165) is 5.56 Å². The molecule has 0 heterocycles. The number of anilines is 1. The summed E-state index contributed by atoms with van der Waals surface area (Å²) in [6, 6.07) is 11.8. The van der Waals surface area contributed by atoms with Gasteiger partial charge < -0.3 is 20.5 Å². The van der Waals surface area contributed by atoms with Crippen molar-refractivity contribution in [2.45, 2.75) is 26.5 Å². The fraction of sp³-hybridized carbons (Fsp3) is 0.263. The molecule has 0 saturated heterocycles. The first-order valence-electron chi connectivity index (χ1n) is 7.94. The number of benzene rings is 2. The number of amides is 1. The minimum Gasteiger partial charge on any atom is -0.489 e. The van der Waals surface area contributed by atoms with Gasteiger partial charge in [-0.05, 0) is 49.7 Å². The molecular weight excluding hydrogens is 356 g/mol. The average Bonchev–Trinajstić information content (AvgIpc) is 2.62. The average molecular weight is 379 g/mol. The minimum atomic E-state index is -0.487. The number of hydrogen-bond acceptors (Lipinski definition) is 5. The first kappa shape index (κ1) is 21.5. The maximum atomic E-state index is 12.5. The molecule has 0 aliphatic carbocycles. The van der Waals surface area contributed by atoms with Gasteiger partial charge in [0.2, 0.25) is 0 Å². The van der Waals surface area contributed by atoms with Crippen molar-refractivity contribution in [1.29, 1.82) is 0 Å². The third kappa shape index (κ3) is 5.47. The Balaban J connectivity index is 0.00000338. The summed E-state index contributed by atoms with van der Waals surface area (Å²) in [6.07, 6.45) is -0.0801. The SMILES string of the molecule is COC(=O)c1ccc(OC(C)C)c(NC(=O)c2ccc(CN)cc2)c1.Cl. The van der Waals surface area contributed by atoms with Gasteiger partial charge in [0.25, 0.3) is 5.91 Å². The molecule has 0 aliphatic rings. The Kier molecular flexibility index (Phi) is 8.09. The molecule has 0 saturated carbocycles. The molecule has 2 aromatic rings. The maximum Gasteiger partial charge on any atom is 0.337 e. The molecule has 26 heavy (non-hydrogen) atoms. The molecule has 3 N–H and O–H groups in total. The lowest BCUT2D eigenvalue weighted by Crippen LogP contribution is -2.15. The molecule has 0 bridgehead atoms. The highest BCUT2D eigenvalue weighted by atomic mass is 35.5. The van der Waals surface area contributed by atoms with Crippen molar-refractivity contribution in [3.05, 3.63) is 59.2 Å². The van der Waals surface area contributed by atoms with Gasteiger partial charge >= 0.3 is 5.97 Å². The third-order valence-corrected chi connectivity index (χ3v) is 3.46. The Morgan fingerprint density at radius 3 is 2.23 bits per heavy atom. The monoisotopic (exact) mass is 378 g/mol. The van der Waals surface area contributed by atoms with Crippen molar-refractivity contribution in [3.63, 3.8) is 0 Å². The third-order valence-electron chi connectivity index (χ3n) is 3.46. The number of methoxy groups -OCH3 is 1. The second-order valence-electron chi connectivity index (χ2n) is 5.72. The second kappa shape index (κ2) is 9.79. The van der Waals surface area contributed by atoms with Gasteiger partial charge in [0.1, 0.15) is 5.75 Å². The van der Waals surface area contributed by atoms with Crippen LogP contribution >= 0.6 is 12.4 Å². The predicted molar refractivity (Wildman–Crippen MR) is 103 cm³/mol. The molecule has 0 radical (unpaired) electrons. The Labute approximate surface area is 159 Å². The quantitative estimate of drug-likeness (QED) is 0.752. The molecule has 140 valence electrons. The summed E-state index contributed by atoms with van der Waals surface area (Å²) in [7, 11) is 1.30. The number of carbonyl (C=O) groups is 2. The van der Waals surface area contributed by atoms with Crippen molar-refractivity contribution in [2.75, 3.05) is 12.4 Å². The van der Waals surface area contributed by atoms with E-state index in [2.05, 4.69) is 5.32 Å². The van der Waals surface area contributed by atoms with E-state index >= 15 is 0 Å². The normalized spacial score (nSPS) is 10.0. The number of esters is 1. The van der Waals surface area contributed by atoms with Crippen LogP contribution in [0.15, 0.2) is 42.5 Å². The Morgan fingerprint density at radius 1 is 1.08 bits per heavy atom. The first-order valence-corrected chi connectivity index (χ1v) is 7.94. The van der Waals surface area contributed by atoms with Crippen molar-refractivity contribution >= 4 is 30.0 Å². The molecule has 0 spiro atoms. The predicted octanol–water partition coefficient (Wildman–Crippen LogP) is 3.39. The molecule has 1 amide bonds. The van der Waals surface area contributed by atoms with Gasteiger partial charge in [0.05, 0.1) is 24.5 Å². The van der Waals surface area contributed by atoms with Gasteiger partial charge in [-0.3, -0.25) is 4.79 Å².